The summed E-state index contributed by atoms with van der Waals surface area (Å²) in [6, 6.07) is 24.6. The fourth-order valence-corrected chi connectivity index (χ4v) is 5.49. The largest absolute Gasteiger partial charge is 0.454 e. The SMILES string of the molecule is O=C1c2cc3c(cc2[C@H]2C[C@H](OCc4ccccc4)CC[C@H]2N1Cc1ccccc1)OCO3. The number of fused-ring (bicyclic) bond motifs is 4. The van der Waals surface area contributed by atoms with Crippen molar-refractivity contribution in [3.05, 3.63) is 95.1 Å². The van der Waals surface area contributed by atoms with E-state index in [1.54, 1.807) is 0 Å². The van der Waals surface area contributed by atoms with Crippen LogP contribution in [0.4, 0.5) is 0 Å². The molecule has 1 fully saturated rings. The van der Waals surface area contributed by atoms with Crippen molar-refractivity contribution in [3.8, 4) is 11.5 Å². The van der Waals surface area contributed by atoms with Crippen LogP contribution in [0.2, 0.25) is 0 Å². The molecule has 1 aliphatic carbocycles. The lowest BCUT2D eigenvalue weighted by molar-refractivity contribution is -0.0134. The van der Waals surface area contributed by atoms with Crippen LogP contribution in [0.15, 0.2) is 72.8 Å². The number of hydrogen-bond donors (Lipinski definition) is 0. The molecule has 5 heteroatoms. The number of ether oxygens (including phenoxy) is 3. The van der Waals surface area contributed by atoms with Gasteiger partial charge in [-0.3, -0.25) is 4.79 Å². The minimum absolute atomic E-state index is 0.0806. The minimum atomic E-state index is 0.0806. The third-order valence-electron chi connectivity index (χ3n) is 7.13. The Kier molecular flexibility index (Phi) is 5.27. The number of hydrogen-bond acceptors (Lipinski definition) is 4. The van der Waals surface area contributed by atoms with Crippen molar-refractivity contribution < 1.29 is 19.0 Å². The molecular formula is C28H27NO4. The van der Waals surface area contributed by atoms with Crippen LogP contribution in [-0.4, -0.2) is 29.7 Å². The Morgan fingerprint density at radius 1 is 0.879 bits per heavy atom. The molecule has 0 aromatic heterocycles. The van der Waals surface area contributed by atoms with E-state index in [2.05, 4.69) is 29.2 Å². The summed E-state index contributed by atoms with van der Waals surface area (Å²) in [5, 5.41) is 0. The molecular weight excluding hydrogens is 414 g/mol. The third-order valence-corrected chi connectivity index (χ3v) is 7.13. The van der Waals surface area contributed by atoms with Gasteiger partial charge < -0.3 is 19.1 Å². The van der Waals surface area contributed by atoms with Crippen LogP contribution in [0.25, 0.3) is 0 Å². The summed E-state index contributed by atoms with van der Waals surface area (Å²) < 4.78 is 17.6. The zero-order chi connectivity index (χ0) is 22.2. The number of amides is 1. The Bertz CT molecular complexity index is 1150. The van der Waals surface area contributed by atoms with Gasteiger partial charge in [0.1, 0.15) is 0 Å². The van der Waals surface area contributed by atoms with Gasteiger partial charge in [-0.25, -0.2) is 0 Å². The lowest BCUT2D eigenvalue weighted by Gasteiger charge is -2.46. The second-order valence-electron chi connectivity index (χ2n) is 9.12. The molecule has 0 radical (unpaired) electrons. The summed E-state index contributed by atoms with van der Waals surface area (Å²) >= 11 is 0. The molecule has 0 unspecified atom stereocenters. The van der Waals surface area contributed by atoms with E-state index in [0.29, 0.717) is 18.9 Å². The Hall–Kier alpha value is -3.31. The number of nitrogens with zero attached hydrogens (tertiary/aromatic N) is 1. The van der Waals surface area contributed by atoms with Crippen LogP contribution < -0.4 is 9.47 Å². The van der Waals surface area contributed by atoms with Crippen LogP contribution in [0.5, 0.6) is 11.5 Å². The molecule has 168 valence electrons. The first kappa shape index (κ1) is 20.3. The highest BCUT2D eigenvalue weighted by molar-refractivity contribution is 5.98. The molecule has 1 saturated carbocycles. The first-order valence-corrected chi connectivity index (χ1v) is 11.7. The van der Waals surface area contributed by atoms with Crippen LogP contribution in [0.1, 0.15) is 52.2 Å². The van der Waals surface area contributed by atoms with Gasteiger partial charge in [-0.2, -0.15) is 0 Å². The first-order chi connectivity index (χ1) is 16.3. The van der Waals surface area contributed by atoms with Gasteiger partial charge in [0.25, 0.3) is 5.91 Å². The molecule has 1 amide bonds. The van der Waals surface area contributed by atoms with E-state index >= 15 is 0 Å². The van der Waals surface area contributed by atoms with Crippen LogP contribution in [-0.2, 0) is 17.9 Å². The fraction of sp³-hybridized carbons (Fsp3) is 0.321. The van der Waals surface area contributed by atoms with Gasteiger partial charge in [0.2, 0.25) is 6.79 Å². The maximum Gasteiger partial charge on any atom is 0.254 e. The van der Waals surface area contributed by atoms with Gasteiger partial charge in [-0.05, 0) is 48.1 Å². The number of benzene rings is 3. The molecule has 3 aliphatic rings. The molecule has 3 atom stereocenters. The van der Waals surface area contributed by atoms with Gasteiger partial charge in [-0.1, -0.05) is 60.7 Å². The van der Waals surface area contributed by atoms with Crippen LogP contribution in [0, 0.1) is 0 Å². The lowest BCUT2D eigenvalue weighted by atomic mass is 9.73. The van der Waals surface area contributed by atoms with Crippen molar-refractivity contribution in [1.29, 1.82) is 0 Å². The Morgan fingerprint density at radius 2 is 1.58 bits per heavy atom. The average Bonchev–Trinajstić information content (AvgIpc) is 3.33. The van der Waals surface area contributed by atoms with Crippen molar-refractivity contribution in [2.45, 2.75) is 50.5 Å². The number of rotatable bonds is 5. The monoisotopic (exact) mass is 441 g/mol. The predicted molar refractivity (Wildman–Crippen MR) is 124 cm³/mol. The molecule has 2 heterocycles. The molecule has 3 aromatic carbocycles. The fourth-order valence-electron chi connectivity index (χ4n) is 5.49. The summed E-state index contributed by atoms with van der Waals surface area (Å²) in [7, 11) is 0. The second kappa shape index (κ2) is 8.56. The van der Waals surface area contributed by atoms with E-state index in [1.165, 1.54) is 5.56 Å². The van der Waals surface area contributed by atoms with Gasteiger partial charge in [0.05, 0.1) is 12.7 Å². The van der Waals surface area contributed by atoms with Gasteiger partial charge >= 0.3 is 0 Å². The van der Waals surface area contributed by atoms with E-state index in [-0.39, 0.29) is 30.8 Å². The predicted octanol–water partition coefficient (Wildman–Crippen LogP) is 5.29. The summed E-state index contributed by atoms with van der Waals surface area (Å²) in [4.78, 5) is 15.7. The number of carbonyl (C=O) groups excluding carboxylic acids is 1. The molecule has 0 N–H and O–H groups in total. The highest BCUT2D eigenvalue weighted by Gasteiger charge is 2.44. The highest BCUT2D eigenvalue weighted by Crippen LogP contribution is 2.47. The van der Waals surface area contributed by atoms with E-state index in [1.807, 2.05) is 48.5 Å². The quantitative estimate of drug-likeness (QED) is 0.540. The maximum atomic E-state index is 13.7. The van der Waals surface area contributed by atoms with Crippen molar-refractivity contribution in [1.82, 2.24) is 4.90 Å². The molecule has 0 saturated heterocycles. The Morgan fingerprint density at radius 3 is 2.33 bits per heavy atom. The molecule has 6 rings (SSSR count). The summed E-state index contributed by atoms with van der Waals surface area (Å²) in [5.74, 6) is 1.69. The Labute approximate surface area is 193 Å². The maximum absolute atomic E-state index is 13.7. The smallest absolute Gasteiger partial charge is 0.254 e. The standard InChI is InChI=1S/C28H27NO4/c30-28-24-15-27-26(32-18-33-27)14-22(24)23-13-21(31-17-20-9-5-2-6-10-20)11-12-25(23)29(28)16-19-7-3-1-4-8-19/h1-10,14-15,21,23,25H,11-13,16-18H2/t21-,23-,25-/m1/s1. The summed E-state index contributed by atoms with van der Waals surface area (Å²) in [5.41, 5.74) is 4.15. The van der Waals surface area contributed by atoms with Crippen molar-refractivity contribution in [3.63, 3.8) is 0 Å². The van der Waals surface area contributed by atoms with Gasteiger partial charge in [0.15, 0.2) is 11.5 Å². The average molecular weight is 442 g/mol. The van der Waals surface area contributed by atoms with E-state index in [9.17, 15) is 4.79 Å². The molecule has 0 spiro atoms. The van der Waals surface area contributed by atoms with Gasteiger partial charge in [0, 0.05) is 24.1 Å². The van der Waals surface area contributed by atoms with E-state index in [0.717, 1.165) is 41.7 Å². The first-order valence-electron chi connectivity index (χ1n) is 11.7. The number of carbonyl (C=O) groups is 1. The Balaban J connectivity index is 1.30. The lowest BCUT2D eigenvalue weighted by Crippen LogP contribution is -2.50. The van der Waals surface area contributed by atoms with Crippen molar-refractivity contribution in [2.24, 2.45) is 0 Å². The van der Waals surface area contributed by atoms with Gasteiger partial charge in [-0.15, -0.1) is 0 Å². The minimum Gasteiger partial charge on any atom is -0.454 e. The van der Waals surface area contributed by atoms with Crippen LogP contribution in [0.3, 0.4) is 0 Å². The molecule has 0 bridgehead atoms. The summed E-state index contributed by atoms with van der Waals surface area (Å²) in [6.45, 7) is 1.44. The zero-order valence-electron chi connectivity index (χ0n) is 18.5. The highest BCUT2D eigenvalue weighted by atomic mass is 16.7. The van der Waals surface area contributed by atoms with E-state index < -0.39 is 0 Å². The van der Waals surface area contributed by atoms with Crippen LogP contribution >= 0.6 is 0 Å². The van der Waals surface area contributed by atoms with Crippen molar-refractivity contribution in [2.75, 3.05) is 6.79 Å². The zero-order valence-corrected chi connectivity index (χ0v) is 18.5. The normalized spacial score (nSPS) is 23.2. The molecule has 5 nitrogen and oxygen atoms in total. The second-order valence-corrected chi connectivity index (χ2v) is 9.12. The molecule has 3 aromatic rings. The molecule has 2 aliphatic heterocycles. The molecule has 33 heavy (non-hydrogen) atoms. The topological polar surface area (TPSA) is 48.0 Å². The van der Waals surface area contributed by atoms with E-state index in [4.69, 9.17) is 14.2 Å². The van der Waals surface area contributed by atoms with Crippen molar-refractivity contribution >= 4 is 5.91 Å². The third kappa shape index (κ3) is 3.87. The summed E-state index contributed by atoms with van der Waals surface area (Å²) in [6.07, 6.45) is 2.93.